The van der Waals surface area contributed by atoms with Crippen molar-refractivity contribution in [2.75, 3.05) is 11.9 Å². The van der Waals surface area contributed by atoms with E-state index in [1.54, 1.807) is 12.1 Å². The van der Waals surface area contributed by atoms with Gasteiger partial charge in [0.05, 0.1) is 6.61 Å². The number of aromatic nitrogens is 1. The van der Waals surface area contributed by atoms with E-state index < -0.39 is 4.92 Å². The van der Waals surface area contributed by atoms with Gasteiger partial charge in [-0.15, -0.1) is 0 Å². The van der Waals surface area contributed by atoms with Crippen LogP contribution in [-0.4, -0.2) is 21.8 Å². The van der Waals surface area contributed by atoms with E-state index >= 15 is 0 Å². The Morgan fingerprint density at radius 2 is 2.05 bits per heavy atom. The highest BCUT2D eigenvalue weighted by Gasteiger charge is 2.31. The molecule has 110 valence electrons. The molecule has 0 unspecified atom stereocenters. The van der Waals surface area contributed by atoms with Gasteiger partial charge >= 0.3 is 5.82 Å². The lowest BCUT2D eigenvalue weighted by atomic mass is 9.83. The molecule has 0 radical (unpaired) electrons. The molecule has 1 heterocycles. The first-order valence-corrected chi connectivity index (χ1v) is 8.07. The molecule has 0 atom stereocenters. The Hall–Kier alpha value is -1.17. The molecule has 1 aliphatic rings. The van der Waals surface area contributed by atoms with Gasteiger partial charge < -0.3 is 14.9 Å². The van der Waals surface area contributed by atoms with Crippen LogP contribution in [0.1, 0.15) is 38.5 Å². The first-order valence-electron chi connectivity index (χ1n) is 6.95. The number of nitrogens with zero attached hydrogens (tertiary/aromatic N) is 2. The summed E-state index contributed by atoms with van der Waals surface area (Å²) >= 11 is 3.59. The third-order valence-corrected chi connectivity index (χ3v) is 5.09. The van der Waals surface area contributed by atoms with Crippen molar-refractivity contribution in [2.45, 2.75) is 38.5 Å². The lowest BCUT2D eigenvalue weighted by Crippen LogP contribution is -2.30. The molecule has 5 nitrogen and oxygen atoms in total. The molecule has 0 bridgehead atoms. The molecule has 20 heavy (non-hydrogen) atoms. The van der Waals surface area contributed by atoms with Crippen LogP contribution in [0.3, 0.4) is 0 Å². The van der Waals surface area contributed by atoms with Crippen molar-refractivity contribution in [1.29, 1.82) is 0 Å². The Morgan fingerprint density at radius 3 is 2.65 bits per heavy atom. The number of ether oxygens (including phenoxy) is 1. The van der Waals surface area contributed by atoms with Crippen LogP contribution >= 0.6 is 15.9 Å². The summed E-state index contributed by atoms with van der Waals surface area (Å²) in [6.07, 6.45) is 8.55. The Morgan fingerprint density at radius 1 is 1.35 bits per heavy atom. The van der Waals surface area contributed by atoms with Gasteiger partial charge in [0.25, 0.3) is 0 Å². The Bertz CT molecular complexity index is 459. The highest BCUT2D eigenvalue weighted by atomic mass is 79.9. The van der Waals surface area contributed by atoms with E-state index in [9.17, 15) is 10.1 Å². The number of rotatable bonds is 5. The number of hydrogen-bond acceptors (Lipinski definition) is 4. The molecule has 2 rings (SSSR count). The minimum absolute atomic E-state index is 0.0835. The lowest BCUT2D eigenvalue weighted by Gasteiger charge is -2.30. The average Bonchev–Trinajstić information content (AvgIpc) is 2.71. The van der Waals surface area contributed by atoms with Crippen LogP contribution in [0.5, 0.6) is 5.75 Å². The van der Waals surface area contributed by atoms with E-state index in [0.717, 1.165) is 18.2 Å². The van der Waals surface area contributed by atoms with Crippen molar-refractivity contribution in [3.63, 3.8) is 0 Å². The maximum absolute atomic E-state index is 10.9. The topological polar surface area (TPSA) is 65.3 Å². The second-order valence-electron chi connectivity index (χ2n) is 5.42. The number of hydrogen-bond donors (Lipinski definition) is 0. The summed E-state index contributed by atoms with van der Waals surface area (Å²) in [5, 5.41) is 11.8. The zero-order valence-electron chi connectivity index (χ0n) is 11.4. The second-order valence-corrected chi connectivity index (χ2v) is 5.98. The number of alkyl halides is 1. The van der Waals surface area contributed by atoms with Crippen molar-refractivity contribution in [3.8, 4) is 5.75 Å². The fraction of sp³-hybridized carbons (Fsp3) is 0.643. The highest BCUT2D eigenvalue weighted by Crippen LogP contribution is 2.38. The molecule has 0 N–H and O–H groups in total. The summed E-state index contributed by atoms with van der Waals surface area (Å²) in [4.78, 5) is 14.2. The van der Waals surface area contributed by atoms with Gasteiger partial charge in [0.2, 0.25) is 5.75 Å². The molecule has 1 aromatic heterocycles. The van der Waals surface area contributed by atoms with Crippen molar-refractivity contribution in [2.24, 2.45) is 5.41 Å². The standard InChI is InChI=1S/C14H19BrN2O3/c15-10-14(7-3-1-2-4-8-14)11-20-12-6-5-9-16-13(12)17(18)19/h5-6,9H,1-4,7-8,10-11H2. The number of pyridine rings is 1. The smallest absolute Gasteiger partial charge is 0.406 e. The zero-order chi connectivity index (χ0) is 14.4. The van der Waals surface area contributed by atoms with Crippen molar-refractivity contribution < 1.29 is 9.66 Å². The summed E-state index contributed by atoms with van der Waals surface area (Å²) in [6.45, 7) is 0.505. The second kappa shape index (κ2) is 7.02. The van der Waals surface area contributed by atoms with Crippen LogP contribution in [-0.2, 0) is 0 Å². The van der Waals surface area contributed by atoms with E-state index in [2.05, 4.69) is 20.9 Å². The maximum Gasteiger partial charge on any atom is 0.406 e. The molecule has 0 saturated heterocycles. The summed E-state index contributed by atoms with van der Waals surface area (Å²) in [6, 6.07) is 3.28. The van der Waals surface area contributed by atoms with E-state index in [0.29, 0.717) is 6.61 Å². The molecule has 1 aliphatic carbocycles. The normalized spacial score (nSPS) is 18.2. The first kappa shape index (κ1) is 15.2. The van der Waals surface area contributed by atoms with Crippen molar-refractivity contribution in [3.05, 3.63) is 28.4 Å². The zero-order valence-corrected chi connectivity index (χ0v) is 13.0. The van der Waals surface area contributed by atoms with Crippen LogP contribution in [0.25, 0.3) is 0 Å². The first-order chi connectivity index (χ1) is 9.67. The maximum atomic E-state index is 10.9. The number of nitro groups is 1. The minimum Gasteiger partial charge on any atom is -0.485 e. The van der Waals surface area contributed by atoms with Gasteiger partial charge in [-0.05, 0) is 34.9 Å². The third kappa shape index (κ3) is 3.69. The molecule has 1 aromatic rings. The van der Waals surface area contributed by atoms with Crippen LogP contribution in [0.2, 0.25) is 0 Å². The summed E-state index contributed by atoms with van der Waals surface area (Å²) in [5.74, 6) is 0.0629. The van der Waals surface area contributed by atoms with Gasteiger partial charge in [0.1, 0.15) is 6.20 Å². The molecule has 1 saturated carbocycles. The average molecular weight is 343 g/mol. The molecular weight excluding hydrogens is 324 g/mol. The predicted octanol–water partition coefficient (Wildman–Crippen LogP) is 4.10. The molecule has 0 aromatic carbocycles. The Kier molecular flexibility index (Phi) is 5.34. The van der Waals surface area contributed by atoms with Crippen LogP contribution in [0, 0.1) is 15.5 Å². The van der Waals surface area contributed by atoms with E-state index in [1.165, 1.54) is 31.9 Å². The molecule has 6 heteroatoms. The SMILES string of the molecule is O=[N+]([O-])c1ncccc1OCC1(CBr)CCCCCC1. The summed E-state index contributed by atoms with van der Waals surface area (Å²) in [5.41, 5.74) is 0.0835. The van der Waals surface area contributed by atoms with Gasteiger partial charge in [-0.3, -0.25) is 0 Å². The Labute approximate surface area is 127 Å². The lowest BCUT2D eigenvalue weighted by molar-refractivity contribution is -0.390. The van der Waals surface area contributed by atoms with E-state index in [-0.39, 0.29) is 17.0 Å². The molecule has 0 amide bonds. The van der Waals surface area contributed by atoms with Crippen LogP contribution < -0.4 is 4.74 Å². The quantitative estimate of drug-likeness (QED) is 0.349. The molecular formula is C14H19BrN2O3. The monoisotopic (exact) mass is 342 g/mol. The fourth-order valence-electron chi connectivity index (χ4n) is 2.66. The van der Waals surface area contributed by atoms with Gasteiger partial charge in [-0.2, -0.15) is 0 Å². The third-order valence-electron chi connectivity index (χ3n) is 3.91. The predicted molar refractivity (Wildman–Crippen MR) is 80.3 cm³/mol. The van der Waals surface area contributed by atoms with Gasteiger partial charge in [0.15, 0.2) is 0 Å². The molecule has 0 aliphatic heterocycles. The van der Waals surface area contributed by atoms with Crippen molar-refractivity contribution in [1.82, 2.24) is 4.98 Å². The van der Waals surface area contributed by atoms with Gasteiger partial charge in [0, 0.05) is 10.7 Å². The molecule has 0 spiro atoms. The number of halogens is 1. The van der Waals surface area contributed by atoms with Gasteiger partial charge in [-0.1, -0.05) is 41.6 Å². The highest BCUT2D eigenvalue weighted by molar-refractivity contribution is 9.09. The van der Waals surface area contributed by atoms with Gasteiger partial charge in [-0.25, -0.2) is 0 Å². The fourth-order valence-corrected chi connectivity index (χ4v) is 3.38. The van der Waals surface area contributed by atoms with Crippen LogP contribution in [0.15, 0.2) is 18.3 Å². The van der Waals surface area contributed by atoms with E-state index in [1.807, 2.05) is 0 Å². The summed E-state index contributed by atoms with van der Waals surface area (Å²) < 4.78 is 5.75. The van der Waals surface area contributed by atoms with Crippen molar-refractivity contribution >= 4 is 21.7 Å². The Balaban J connectivity index is 2.08. The summed E-state index contributed by atoms with van der Waals surface area (Å²) in [7, 11) is 0. The van der Waals surface area contributed by atoms with Crippen LogP contribution in [0.4, 0.5) is 5.82 Å². The molecule has 1 fully saturated rings. The van der Waals surface area contributed by atoms with E-state index in [4.69, 9.17) is 4.74 Å². The largest absolute Gasteiger partial charge is 0.485 e. The minimum atomic E-state index is -0.497.